The molecule has 0 unspecified atom stereocenters. The molecule has 0 aliphatic rings. The Morgan fingerprint density at radius 3 is 0.258 bits per heavy atom. The molecule has 206 valence electrons. The van der Waals surface area contributed by atoms with E-state index in [2.05, 4.69) is 0 Å². The Morgan fingerprint density at radius 2 is 0.258 bits per heavy atom. The van der Waals surface area contributed by atoms with E-state index >= 15 is 0 Å². The first kappa shape index (κ1) is 84.1. The second-order valence-electron chi connectivity index (χ2n) is 1.52. The van der Waals surface area contributed by atoms with Crippen molar-refractivity contribution in [1.29, 1.82) is 0 Å². The Bertz CT molecular complexity index is 273. The van der Waals surface area contributed by atoms with Gasteiger partial charge in [0.1, 0.15) is 0 Å². The van der Waals surface area contributed by atoms with Gasteiger partial charge < -0.3 is 5.48 Å². The van der Waals surface area contributed by atoms with Gasteiger partial charge in [0.2, 0.25) is 0 Å². The van der Waals surface area contributed by atoms with Gasteiger partial charge in [-0.05, 0) is 0 Å². The minimum absolute atomic E-state index is 0. The van der Waals surface area contributed by atoms with Crippen LogP contribution >= 0.6 is 0 Å². The normalized spacial score (nSPS) is 5.03. The maximum absolute atomic E-state index is 8.82. The molecule has 14 N–H and O–H groups in total. The zero-order chi connectivity index (χ0) is 21.5. The van der Waals surface area contributed by atoms with Gasteiger partial charge in [0, 0.05) is 0 Å². The molecule has 6 radical (unpaired) electrons. The van der Waals surface area contributed by atoms with Crippen LogP contribution in [0.5, 0.6) is 0 Å². The van der Waals surface area contributed by atoms with Crippen LogP contribution in [-0.2, 0) is 18.1 Å². The molecule has 0 spiro atoms. The summed E-state index contributed by atoms with van der Waals surface area (Å²) in [4.78, 5) is 0. The van der Waals surface area contributed by atoms with Crippen molar-refractivity contribution in [2.24, 2.45) is 0 Å². The summed E-state index contributed by atoms with van der Waals surface area (Å²) in [7, 11) is 0. The first-order valence-electron chi connectivity index (χ1n) is 3.50. The summed E-state index contributed by atoms with van der Waals surface area (Å²) < 4.78 is 140. The first-order valence-corrected chi connectivity index (χ1v) is 23.4. The Balaban J connectivity index is -0.0000000109. The predicted molar refractivity (Wildman–Crippen MR) is 83.9 cm³/mol. The molecule has 0 heterocycles. The fraction of sp³-hybridized carbons (Fsp3) is 0. The maximum atomic E-state index is 8.82. The van der Waals surface area contributed by atoms with Gasteiger partial charge in [0.15, 0.2) is 0 Å². The van der Waals surface area contributed by atoms with Crippen molar-refractivity contribution in [2.75, 3.05) is 0 Å². The van der Waals surface area contributed by atoms with Crippen molar-refractivity contribution < 1.29 is 92.4 Å². The van der Waals surface area contributed by atoms with Gasteiger partial charge in [0.25, 0.3) is 0 Å². The molecule has 0 aromatic carbocycles. The Morgan fingerprint density at radius 1 is 0.258 bits per heavy atom. The van der Waals surface area contributed by atoms with Crippen molar-refractivity contribution in [2.45, 2.75) is 0 Å². The number of hydrogen-bond acceptors (Lipinski definition) is 6. The molecule has 0 rings (SSSR count). The van der Waals surface area contributed by atoms with Crippen molar-refractivity contribution in [3.05, 3.63) is 0 Å². The van der Waals surface area contributed by atoms with Gasteiger partial charge in [0.05, 0.1) is 0 Å². The van der Waals surface area contributed by atoms with Gasteiger partial charge in [-0.1, -0.05) is 0 Å². The van der Waals surface area contributed by atoms with Crippen molar-refractivity contribution in [1.82, 2.24) is 0 Å². The van der Waals surface area contributed by atoms with Crippen LogP contribution in [0, 0.1) is 0 Å². The van der Waals surface area contributed by atoms with Crippen LogP contribution in [0.15, 0.2) is 0 Å². The zero-order valence-electron chi connectivity index (χ0n) is 13.4. The molecule has 31 heavy (non-hydrogen) atoms. The molecule has 0 aromatic rings. The van der Waals surface area contributed by atoms with Gasteiger partial charge >= 0.3 is 185 Å². The predicted octanol–water partition coefficient (Wildman–Crippen LogP) is -9.59. The topological polar surface area (TPSA) is 377 Å². The van der Waals surface area contributed by atoms with Crippen LogP contribution in [0.4, 0.5) is 28.2 Å². The molecule has 0 saturated carbocycles. The van der Waals surface area contributed by atoms with Crippen LogP contribution in [0.1, 0.15) is 0 Å². The van der Waals surface area contributed by atoms with E-state index in [9.17, 15) is 0 Å². The zero-order valence-corrected chi connectivity index (χ0v) is 28.8. The van der Waals surface area contributed by atoms with E-state index in [1.54, 1.807) is 0 Å². The van der Waals surface area contributed by atoms with Crippen molar-refractivity contribution >= 4 is 126 Å². The molecule has 0 bridgehead atoms. The molecule has 0 saturated heterocycles. The molecule has 19 nitrogen and oxygen atoms in total. The summed E-state index contributed by atoms with van der Waals surface area (Å²) in [6, 6.07) is 0. The van der Waals surface area contributed by atoms with E-state index in [0.29, 0.717) is 0 Å². The van der Waals surface area contributed by atoms with Crippen LogP contribution in [0.2, 0.25) is 0 Å². The third-order valence-corrected chi connectivity index (χ3v) is 0. The van der Waals surface area contributed by atoms with E-state index < -0.39 is 126 Å². The molecule has 0 atom stereocenters. The molecule has 0 aliphatic carbocycles. The summed E-state index contributed by atoms with van der Waals surface area (Å²) >= 11 is -22.2. The summed E-state index contributed by atoms with van der Waals surface area (Å²) in [6.07, 6.45) is 0. The van der Waals surface area contributed by atoms with E-state index in [1.807, 2.05) is 0 Å². The van der Waals surface area contributed by atoms with Crippen molar-refractivity contribution in [3.63, 3.8) is 0 Å². The molecular formula is H20F6O19Sb6. The second kappa shape index (κ2) is 76.7. The summed E-state index contributed by atoms with van der Waals surface area (Å²) in [5.41, 5.74) is 0. The fourth-order valence-electron chi connectivity index (χ4n) is 0. The SMILES string of the molecule is F.F.F.F.F.F.O.[O]=[Sb]([OH])[OH].[O]=[Sb]([OH])[OH].[O]=[Sb]([OH])[OH].[O]=[Sb]([OH])[OH].[O]=[Sb]([OH])[OH].[O]=[Sb]([OH])[OH]. The molecule has 31 heteroatoms. The van der Waals surface area contributed by atoms with Gasteiger partial charge in [-0.2, -0.15) is 0 Å². The average Bonchev–Trinajstić information content (AvgIpc) is 2.08. The van der Waals surface area contributed by atoms with Crippen molar-refractivity contribution in [3.8, 4) is 0 Å². The van der Waals surface area contributed by atoms with E-state index in [0.717, 1.165) is 0 Å². The van der Waals surface area contributed by atoms with Gasteiger partial charge in [-0.25, -0.2) is 0 Å². The van der Waals surface area contributed by atoms with E-state index in [4.69, 9.17) is 58.7 Å². The summed E-state index contributed by atoms with van der Waals surface area (Å²) in [5, 5.41) is 0. The quantitative estimate of drug-likeness (QED) is 0.0792. The molecule has 0 amide bonds. The molecule has 0 aliphatic heterocycles. The van der Waals surface area contributed by atoms with E-state index in [-0.39, 0.29) is 33.7 Å². The third-order valence-electron chi connectivity index (χ3n) is 0. The Hall–Kier alpha value is 2.77. The van der Waals surface area contributed by atoms with Crippen LogP contribution < -0.4 is 0 Å². The monoisotopic (exact) mass is 1160 g/mol. The van der Waals surface area contributed by atoms with E-state index in [1.165, 1.54) is 0 Å². The number of rotatable bonds is 0. The summed E-state index contributed by atoms with van der Waals surface area (Å²) in [6.45, 7) is 0. The first-order chi connectivity index (χ1) is 10.4. The molecule has 0 fully saturated rings. The third kappa shape index (κ3) is 4050. The standard InChI is InChI=1S/6FH.13H2O.6O.6Sb/h6*1H;13*1H2;;;;;;;;;;;;/q;;;;;;;;;;;;;;;;;;;;;;;;;6*+2/p-12. The summed E-state index contributed by atoms with van der Waals surface area (Å²) in [5.74, 6) is 0. The molecule has 0 aromatic heterocycles. The Kier molecular flexibility index (Phi) is 208. The Labute approximate surface area is 215 Å². The van der Waals surface area contributed by atoms with Gasteiger partial charge in [-0.15, -0.1) is 0 Å². The van der Waals surface area contributed by atoms with Crippen LogP contribution in [0.25, 0.3) is 0 Å². The minimum atomic E-state index is -3.70. The number of hydrogen-bond donors (Lipinski definition) is 12. The van der Waals surface area contributed by atoms with Gasteiger partial charge in [-0.3, -0.25) is 28.2 Å². The molecular weight excluding hydrogens is 1150 g/mol. The second-order valence-corrected chi connectivity index (χ2v) is 10.2. The average molecular weight is 1170 g/mol. The number of halogens is 6. The fourth-order valence-corrected chi connectivity index (χ4v) is 0. The van der Waals surface area contributed by atoms with Crippen LogP contribution in [0.3, 0.4) is 0 Å². The van der Waals surface area contributed by atoms with Crippen LogP contribution in [-0.4, -0.2) is 172 Å².